The normalized spacial score (nSPS) is 11.8. The van der Waals surface area contributed by atoms with Crippen molar-refractivity contribution in [3.8, 4) is 0 Å². The zero-order valence-electron chi connectivity index (χ0n) is 12.2. The van der Waals surface area contributed by atoms with Crippen molar-refractivity contribution in [1.82, 2.24) is 0 Å². The van der Waals surface area contributed by atoms with Gasteiger partial charge in [-0.25, -0.2) is 10.1 Å². The molecule has 0 aliphatic heterocycles. The lowest BCUT2D eigenvalue weighted by atomic mass is 10.00. The number of rotatable bonds is 5. The van der Waals surface area contributed by atoms with Gasteiger partial charge in [0.25, 0.3) is 0 Å². The van der Waals surface area contributed by atoms with Crippen LogP contribution in [-0.2, 0) is 20.5 Å². The first-order chi connectivity index (χ1) is 11.5. The number of fused-ring (bicyclic) bond motifs is 2. The van der Waals surface area contributed by atoms with Crippen LogP contribution in [0.25, 0.3) is 21.5 Å². The first-order valence-corrected chi connectivity index (χ1v) is 7.70. The maximum Gasteiger partial charge on any atom is 0.415 e. The molecule has 0 spiro atoms. The van der Waals surface area contributed by atoms with E-state index in [-0.39, 0.29) is 6.61 Å². The highest BCUT2D eigenvalue weighted by Gasteiger charge is 2.43. The molecule has 0 saturated carbocycles. The average Bonchev–Trinajstić information content (AvgIpc) is 2.57. The molecule has 4 nitrogen and oxygen atoms in total. The predicted octanol–water partition coefficient (Wildman–Crippen LogP) is 4.77. The van der Waals surface area contributed by atoms with Crippen LogP contribution in [0.4, 0.5) is 8.78 Å². The van der Waals surface area contributed by atoms with Gasteiger partial charge in [-0.15, -0.1) is 0 Å². The maximum absolute atomic E-state index is 13.2. The Hall–Kier alpha value is -2.22. The molecule has 3 rings (SSSR count). The van der Waals surface area contributed by atoms with Crippen LogP contribution in [0.15, 0.2) is 54.6 Å². The Balaban J connectivity index is 1.89. The van der Waals surface area contributed by atoms with Gasteiger partial charge in [0.1, 0.15) is 18.6 Å². The monoisotopic (exact) mass is 350 g/mol. The quantitative estimate of drug-likeness (QED) is 0.236. The highest BCUT2D eigenvalue weighted by molar-refractivity contribution is 7.96. The van der Waals surface area contributed by atoms with E-state index in [0.29, 0.717) is 5.56 Å². The van der Waals surface area contributed by atoms with E-state index >= 15 is 0 Å². The van der Waals surface area contributed by atoms with Crippen LogP contribution in [0.5, 0.6) is 0 Å². The minimum atomic E-state index is -3.98. The van der Waals surface area contributed by atoms with Gasteiger partial charge < -0.3 is 4.74 Å². The van der Waals surface area contributed by atoms with Crippen LogP contribution in [0.1, 0.15) is 5.56 Å². The zero-order valence-corrected chi connectivity index (χ0v) is 13.1. The smallest absolute Gasteiger partial charge is 0.415 e. The fraction of sp³-hybridized carbons (Fsp3) is 0.118. The highest BCUT2D eigenvalue weighted by atomic mass is 32.2. The molecular formula is C17H12F2O4S. The molecule has 0 bridgehead atoms. The first-order valence-electron chi connectivity index (χ1n) is 6.96. The fourth-order valence-electron chi connectivity index (χ4n) is 2.47. The van der Waals surface area contributed by atoms with Crippen molar-refractivity contribution in [2.24, 2.45) is 0 Å². The van der Waals surface area contributed by atoms with E-state index in [1.807, 2.05) is 42.5 Å². The largest absolute Gasteiger partial charge is 0.456 e. The second kappa shape index (κ2) is 6.72. The molecule has 0 aliphatic rings. The van der Waals surface area contributed by atoms with Gasteiger partial charge in [0, 0.05) is 0 Å². The number of carbonyl (C=O) groups excluding carboxylic acids is 1. The summed E-state index contributed by atoms with van der Waals surface area (Å²) in [5.41, 5.74) is 0.609. The van der Waals surface area contributed by atoms with Crippen LogP contribution in [0, 0.1) is 0 Å². The SMILES string of the molecule is O=C(OCc1cccc2cc3ccccc3cc12)C(F)(F)SOO. The van der Waals surface area contributed by atoms with E-state index in [1.54, 1.807) is 12.1 Å². The van der Waals surface area contributed by atoms with E-state index in [4.69, 9.17) is 5.26 Å². The lowest BCUT2D eigenvalue weighted by Gasteiger charge is -2.13. The number of carbonyl (C=O) groups is 1. The molecule has 0 unspecified atom stereocenters. The Labute approximate surface area is 140 Å². The molecule has 0 fully saturated rings. The van der Waals surface area contributed by atoms with Gasteiger partial charge in [-0.1, -0.05) is 42.5 Å². The standard InChI is InChI=1S/C17H12F2O4S/c18-17(19,24-23-21)16(20)22-10-14-7-3-6-13-8-11-4-1-2-5-12(11)9-15(13)14/h1-9,21H,10H2. The number of benzene rings is 3. The number of esters is 1. The molecule has 3 aromatic carbocycles. The molecule has 0 aromatic heterocycles. The predicted molar refractivity (Wildman–Crippen MR) is 87.5 cm³/mol. The van der Waals surface area contributed by atoms with Gasteiger partial charge in [-0.2, -0.15) is 13.1 Å². The lowest BCUT2D eigenvalue weighted by molar-refractivity contribution is -0.166. The number of hydrogen-bond donors (Lipinski definition) is 1. The Morgan fingerprint density at radius 2 is 1.71 bits per heavy atom. The third-order valence-corrected chi connectivity index (χ3v) is 4.03. The fourth-order valence-corrected chi connectivity index (χ4v) is 2.69. The molecular weight excluding hydrogens is 338 g/mol. The van der Waals surface area contributed by atoms with Crippen molar-refractivity contribution in [3.05, 3.63) is 60.2 Å². The second-order valence-electron chi connectivity index (χ2n) is 5.09. The van der Waals surface area contributed by atoms with Gasteiger partial charge in [0.15, 0.2) is 0 Å². The van der Waals surface area contributed by atoms with Crippen molar-refractivity contribution >= 4 is 39.6 Å². The summed E-state index contributed by atoms with van der Waals surface area (Å²) in [5.74, 6) is -1.78. The molecule has 24 heavy (non-hydrogen) atoms. The van der Waals surface area contributed by atoms with Crippen molar-refractivity contribution in [3.63, 3.8) is 0 Å². The second-order valence-corrected chi connectivity index (χ2v) is 5.92. The molecule has 1 N–H and O–H groups in total. The summed E-state index contributed by atoms with van der Waals surface area (Å²) in [6, 6.07) is 17.1. The van der Waals surface area contributed by atoms with Crippen molar-refractivity contribution < 1.29 is 27.9 Å². The van der Waals surface area contributed by atoms with Gasteiger partial charge in [0.2, 0.25) is 0 Å². The number of alkyl halides is 2. The van der Waals surface area contributed by atoms with Gasteiger partial charge in [-0.3, -0.25) is 0 Å². The molecule has 124 valence electrons. The summed E-state index contributed by atoms with van der Waals surface area (Å²) < 4.78 is 34.4. The number of hydrogen-bond acceptors (Lipinski definition) is 5. The Morgan fingerprint density at radius 1 is 1.04 bits per heavy atom. The maximum atomic E-state index is 13.2. The van der Waals surface area contributed by atoms with E-state index in [0.717, 1.165) is 21.5 Å². The zero-order chi connectivity index (χ0) is 17.2. The molecule has 0 radical (unpaired) electrons. The minimum absolute atomic E-state index is 0.309. The van der Waals surface area contributed by atoms with Gasteiger partial charge in [0.05, 0.1) is 0 Å². The molecule has 0 saturated heterocycles. The third-order valence-electron chi connectivity index (χ3n) is 3.58. The molecule has 7 heteroatoms. The highest BCUT2D eigenvalue weighted by Crippen LogP contribution is 2.31. The molecule has 0 amide bonds. The third kappa shape index (κ3) is 3.33. The summed E-state index contributed by atoms with van der Waals surface area (Å²) in [6.07, 6.45) is 0. The topological polar surface area (TPSA) is 55.8 Å². The van der Waals surface area contributed by atoms with Crippen LogP contribution in [0.2, 0.25) is 0 Å². The Kier molecular flexibility index (Phi) is 4.66. The van der Waals surface area contributed by atoms with Gasteiger partial charge in [-0.05, 0) is 39.2 Å². The van der Waals surface area contributed by atoms with Crippen molar-refractivity contribution in [1.29, 1.82) is 0 Å². The van der Waals surface area contributed by atoms with Crippen LogP contribution < -0.4 is 0 Å². The summed E-state index contributed by atoms with van der Waals surface area (Å²) in [7, 11) is 0. The number of halogens is 2. The van der Waals surface area contributed by atoms with Crippen LogP contribution in [-0.4, -0.2) is 16.5 Å². The minimum Gasteiger partial charge on any atom is -0.456 e. The van der Waals surface area contributed by atoms with Crippen molar-refractivity contribution in [2.75, 3.05) is 0 Å². The summed E-state index contributed by atoms with van der Waals surface area (Å²) in [5, 5.41) is 7.87. The van der Waals surface area contributed by atoms with E-state index in [9.17, 15) is 13.6 Å². The molecule has 0 heterocycles. The van der Waals surface area contributed by atoms with E-state index in [1.165, 1.54) is 0 Å². The van der Waals surface area contributed by atoms with Crippen molar-refractivity contribution in [2.45, 2.75) is 11.9 Å². The lowest BCUT2D eigenvalue weighted by Crippen LogP contribution is -2.27. The Bertz CT molecular complexity index is 898. The average molecular weight is 350 g/mol. The van der Waals surface area contributed by atoms with Gasteiger partial charge >= 0.3 is 11.2 Å². The number of ether oxygens (including phenoxy) is 1. The Morgan fingerprint density at radius 3 is 2.42 bits per heavy atom. The van der Waals surface area contributed by atoms with E-state index in [2.05, 4.69) is 9.07 Å². The molecule has 3 aromatic rings. The molecule has 0 atom stereocenters. The molecule has 0 aliphatic carbocycles. The summed E-state index contributed by atoms with van der Waals surface area (Å²) in [6.45, 7) is -0.309. The first kappa shape index (κ1) is 16.6. The van der Waals surface area contributed by atoms with Crippen LogP contribution in [0.3, 0.4) is 0 Å². The van der Waals surface area contributed by atoms with E-state index < -0.39 is 23.3 Å². The summed E-state index contributed by atoms with van der Waals surface area (Å²) in [4.78, 5) is 11.4. The van der Waals surface area contributed by atoms with Crippen LogP contribution >= 0.6 is 12.0 Å². The summed E-state index contributed by atoms with van der Waals surface area (Å²) >= 11 is -0.670.